The van der Waals surface area contributed by atoms with Crippen molar-refractivity contribution in [3.8, 4) is 0 Å². The summed E-state index contributed by atoms with van der Waals surface area (Å²) in [7, 11) is 0. The summed E-state index contributed by atoms with van der Waals surface area (Å²) >= 11 is 0. The summed E-state index contributed by atoms with van der Waals surface area (Å²) in [6, 6.07) is 0. The third kappa shape index (κ3) is 408. The first-order valence-corrected chi connectivity index (χ1v) is 2.05. The van der Waals surface area contributed by atoms with Crippen molar-refractivity contribution in [3.05, 3.63) is 0 Å². The number of aliphatic hydroxyl groups excluding tert-OH is 2. The van der Waals surface area contributed by atoms with Crippen LogP contribution in [0.25, 0.3) is 0 Å². The number of hydrogen-bond donors (Lipinski definition) is 2. The van der Waals surface area contributed by atoms with E-state index in [0.717, 1.165) is 0 Å². The molecule has 2 N–H and O–H groups in total. The Morgan fingerprint density at radius 2 is 1.00 bits per heavy atom. The van der Waals surface area contributed by atoms with Crippen molar-refractivity contribution in [2.45, 2.75) is 13.8 Å². The molecule has 0 bridgehead atoms. The number of rotatable bonds is 0. The van der Waals surface area contributed by atoms with E-state index in [2.05, 4.69) is 0 Å². The first-order chi connectivity index (χ1) is 2.83. The number of aliphatic hydroxyl groups is 2. The van der Waals surface area contributed by atoms with Crippen molar-refractivity contribution in [2.24, 2.45) is 0 Å². The molecule has 50 valence electrons. The van der Waals surface area contributed by atoms with Gasteiger partial charge in [-0.15, -0.1) is 0 Å². The van der Waals surface area contributed by atoms with Crippen LogP contribution < -0.4 is 0 Å². The van der Waals surface area contributed by atoms with Crippen LogP contribution in [0.3, 0.4) is 0 Å². The third-order valence-electron chi connectivity index (χ3n) is 0. The Morgan fingerprint density at radius 3 is 1.00 bits per heavy atom. The van der Waals surface area contributed by atoms with E-state index >= 15 is 0 Å². The van der Waals surface area contributed by atoms with Gasteiger partial charge in [0.15, 0.2) is 0 Å². The minimum absolute atomic E-state index is 0. The van der Waals surface area contributed by atoms with Crippen LogP contribution >= 0.6 is 0 Å². The van der Waals surface area contributed by atoms with Crippen LogP contribution in [0, 0.1) is 0 Å². The van der Waals surface area contributed by atoms with Gasteiger partial charge in [-0.3, -0.25) is 0 Å². The van der Waals surface area contributed by atoms with Crippen LogP contribution in [-0.2, 0) is 20.4 Å². The van der Waals surface area contributed by atoms with Gasteiger partial charge in [0.1, 0.15) is 0 Å². The molecule has 0 rings (SSSR count). The molecule has 0 aromatic rings. The second-order valence-corrected chi connectivity index (χ2v) is 0.632. The molecule has 0 spiro atoms. The van der Waals surface area contributed by atoms with E-state index < -0.39 is 0 Å². The molecule has 7 heavy (non-hydrogen) atoms. The van der Waals surface area contributed by atoms with Gasteiger partial charge in [-0.2, -0.15) is 0 Å². The fourth-order valence-electron chi connectivity index (χ4n) is 0. The van der Waals surface area contributed by atoms with Crippen LogP contribution in [0.4, 0.5) is 0 Å². The molecular weight excluding hydrogens is 186 g/mol. The zero-order valence-electron chi connectivity index (χ0n) is 4.62. The quantitative estimate of drug-likeness (QED) is 0.538. The van der Waals surface area contributed by atoms with E-state index in [4.69, 9.17) is 10.2 Å². The Hall–Kier alpha value is 0.582. The van der Waals surface area contributed by atoms with Crippen molar-refractivity contribution in [2.75, 3.05) is 13.2 Å². The van der Waals surface area contributed by atoms with Crippen molar-refractivity contribution in [1.82, 2.24) is 0 Å². The Kier molecular flexibility index (Phi) is 68.8. The number of hydrogen-bond acceptors (Lipinski definition) is 2. The van der Waals surface area contributed by atoms with Crippen molar-refractivity contribution in [1.29, 1.82) is 0 Å². The monoisotopic (exact) mass is 198 g/mol. The molecule has 0 saturated heterocycles. The van der Waals surface area contributed by atoms with Crippen LogP contribution in [0.2, 0.25) is 0 Å². The van der Waals surface area contributed by atoms with E-state index in [1.165, 1.54) is 0 Å². The molecule has 0 aliphatic heterocycles. The second kappa shape index (κ2) is 30.8. The van der Waals surface area contributed by atoms with E-state index in [0.29, 0.717) is 0 Å². The van der Waals surface area contributed by atoms with Crippen LogP contribution in [0.15, 0.2) is 0 Å². The molecule has 0 aliphatic carbocycles. The molecular formula is C4H12O2Pd. The van der Waals surface area contributed by atoms with Crippen molar-refractivity contribution < 1.29 is 30.6 Å². The van der Waals surface area contributed by atoms with Gasteiger partial charge in [0, 0.05) is 33.6 Å². The minimum Gasteiger partial charge on any atom is -0.397 e. The smallest absolute Gasteiger partial charge is 0.0402 e. The molecule has 0 aromatic carbocycles. The predicted molar refractivity (Wildman–Crippen MR) is 25.5 cm³/mol. The summed E-state index contributed by atoms with van der Waals surface area (Å²) in [4.78, 5) is 0. The van der Waals surface area contributed by atoms with Gasteiger partial charge in [0.05, 0.1) is 0 Å². The molecule has 3 heteroatoms. The van der Waals surface area contributed by atoms with Crippen molar-refractivity contribution >= 4 is 0 Å². The molecule has 0 unspecified atom stereocenters. The van der Waals surface area contributed by atoms with Gasteiger partial charge in [-0.05, 0) is 13.8 Å². The molecule has 0 aliphatic rings. The Bertz CT molecular complexity index is 11.7. The SMILES string of the molecule is CCO.CCO.[Pd]. The van der Waals surface area contributed by atoms with Crippen LogP contribution in [0.1, 0.15) is 13.8 Å². The fraction of sp³-hybridized carbons (Fsp3) is 1.00. The fourth-order valence-corrected chi connectivity index (χ4v) is 0. The molecule has 0 radical (unpaired) electrons. The van der Waals surface area contributed by atoms with E-state index in [9.17, 15) is 0 Å². The zero-order valence-corrected chi connectivity index (χ0v) is 6.18. The van der Waals surface area contributed by atoms with Gasteiger partial charge < -0.3 is 10.2 Å². The van der Waals surface area contributed by atoms with Crippen LogP contribution in [0.5, 0.6) is 0 Å². The van der Waals surface area contributed by atoms with Gasteiger partial charge in [0.2, 0.25) is 0 Å². The van der Waals surface area contributed by atoms with Crippen LogP contribution in [-0.4, -0.2) is 23.4 Å². The molecule has 0 fully saturated rings. The maximum Gasteiger partial charge on any atom is 0.0402 e. The summed E-state index contributed by atoms with van der Waals surface area (Å²) < 4.78 is 0. The minimum atomic E-state index is 0. The van der Waals surface area contributed by atoms with Gasteiger partial charge in [-0.1, -0.05) is 0 Å². The Labute approximate surface area is 58.2 Å². The van der Waals surface area contributed by atoms with Gasteiger partial charge in [0.25, 0.3) is 0 Å². The first-order valence-electron chi connectivity index (χ1n) is 2.05. The molecule has 0 amide bonds. The first kappa shape index (κ1) is 15.6. The summed E-state index contributed by atoms with van der Waals surface area (Å²) in [5.41, 5.74) is 0. The maximum absolute atomic E-state index is 7.57. The van der Waals surface area contributed by atoms with E-state index in [-0.39, 0.29) is 33.6 Å². The second-order valence-electron chi connectivity index (χ2n) is 0.632. The maximum atomic E-state index is 7.57. The van der Waals surface area contributed by atoms with E-state index in [1.54, 1.807) is 13.8 Å². The Balaban J connectivity index is -0.0000000400. The average molecular weight is 199 g/mol. The molecule has 0 saturated carbocycles. The average Bonchev–Trinajstić information content (AvgIpc) is 1.39. The summed E-state index contributed by atoms with van der Waals surface area (Å²) in [5, 5.41) is 15.1. The summed E-state index contributed by atoms with van der Waals surface area (Å²) in [5.74, 6) is 0. The van der Waals surface area contributed by atoms with Crippen molar-refractivity contribution in [3.63, 3.8) is 0 Å². The Morgan fingerprint density at radius 1 is 1.00 bits per heavy atom. The summed E-state index contributed by atoms with van der Waals surface area (Å²) in [6.45, 7) is 3.86. The predicted octanol–water partition coefficient (Wildman–Crippen LogP) is -0.00530. The molecule has 0 aromatic heterocycles. The zero-order chi connectivity index (χ0) is 5.41. The summed E-state index contributed by atoms with van der Waals surface area (Å²) in [6.07, 6.45) is 0. The molecule has 0 heterocycles. The largest absolute Gasteiger partial charge is 0.397 e. The van der Waals surface area contributed by atoms with E-state index in [1.807, 2.05) is 0 Å². The standard InChI is InChI=1S/2C2H6O.Pd/c2*1-2-3;/h2*3H,2H2,1H3;. The van der Waals surface area contributed by atoms with Gasteiger partial charge in [-0.25, -0.2) is 0 Å². The molecule has 0 atom stereocenters. The normalized spacial score (nSPS) is 5.14. The van der Waals surface area contributed by atoms with Gasteiger partial charge >= 0.3 is 0 Å². The topological polar surface area (TPSA) is 40.5 Å². The molecule has 2 nitrogen and oxygen atoms in total. The third-order valence-corrected chi connectivity index (χ3v) is 0.